The van der Waals surface area contributed by atoms with Gasteiger partial charge in [0.1, 0.15) is 5.82 Å². The van der Waals surface area contributed by atoms with Crippen molar-refractivity contribution < 1.29 is 4.39 Å². The van der Waals surface area contributed by atoms with Crippen LogP contribution in [0, 0.1) is 5.82 Å². The highest BCUT2D eigenvalue weighted by molar-refractivity contribution is 6.31. The fourth-order valence-electron chi connectivity index (χ4n) is 1.84. The first-order chi connectivity index (χ1) is 7.20. The van der Waals surface area contributed by atoms with Crippen molar-refractivity contribution in [2.24, 2.45) is 0 Å². The van der Waals surface area contributed by atoms with Crippen molar-refractivity contribution >= 4 is 23.0 Å². The lowest BCUT2D eigenvalue weighted by atomic mass is 10.1. The van der Waals surface area contributed by atoms with Gasteiger partial charge in [0.25, 0.3) is 0 Å². The van der Waals surface area contributed by atoms with Crippen molar-refractivity contribution in [1.82, 2.24) is 0 Å². The van der Waals surface area contributed by atoms with E-state index >= 15 is 0 Å². The minimum absolute atomic E-state index is 0.167. The fourth-order valence-corrected chi connectivity index (χ4v) is 2.00. The van der Waals surface area contributed by atoms with Gasteiger partial charge in [-0.05, 0) is 12.5 Å². The molecular formula is C11H14ClFN2. The van der Waals surface area contributed by atoms with Gasteiger partial charge in [0, 0.05) is 18.7 Å². The molecule has 0 aliphatic carbocycles. The Morgan fingerprint density at radius 3 is 3.00 bits per heavy atom. The van der Waals surface area contributed by atoms with Crippen LogP contribution in [0.1, 0.15) is 19.8 Å². The Balaban J connectivity index is 2.22. The highest BCUT2D eigenvalue weighted by atomic mass is 35.5. The summed E-state index contributed by atoms with van der Waals surface area (Å²) in [7, 11) is 0. The van der Waals surface area contributed by atoms with Gasteiger partial charge in [-0.3, -0.25) is 0 Å². The van der Waals surface area contributed by atoms with Gasteiger partial charge < -0.3 is 10.6 Å². The normalized spacial score (nSPS) is 19.0. The molecule has 0 spiro atoms. The maximum absolute atomic E-state index is 13.2. The van der Waals surface area contributed by atoms with Crippen LogP contribution in [0.2, 0.25) is 5.02 Å². The summed E-state index contributed by atoms with van der Waals surface area (Å²) in [5, 5.41) is 6.72. The number of rotatable bonds is 2. The number of fused-ring (bicyclic) bond motifs is 1. The molecule has 1 aliphatic heterocycles. The summed E-state index contributed by atoms with van der Waals surface area (Å²) in [4.78, 5) is 0. The second-order valence-electron chi connectivity index (χ2n) is 3.82. The van der Waals surface area contributed by atoms with E-state index in [9.17, 15) is 4.39 Å². The van der Waals surface area contributed by atoms with Crippen molar-refractivity contribution in [1.29, 1.82) is 0 Å². The molecular weight excluding hydrogens is 215 g/mol. The lowest BCUT2D eigenvalue weighted by Gasteiger charge is -2.28. The Bertz CT molecular complexity index is 368. The second kappa shape index (κ2) is 4.27. The molecule has 2 nitrogen and oxygen atoms in total. The van der Waals surface area contributed by atoms with Crippen LogP contribution in [0.4, 0.5) is 15.8 Å². The minimum Gasteiger partial charge on any atom is -0.381 e. The topological polar surface area (TPSA) is 24.1 Å². The summed E-state index contributed by atoms with van der Waals surface area (Å²) in [6.45, 7) is 2.98. The Morgan fingerprint density at radius 2 is 2.27 bits per heavy atom. The van der Waals surface area contributed by atoms with Crippen molar-refractivity contribution in [2.75, 3.05) is 17.2 Å². The maximum atomic E-state index is 13.2. The molecule has 0 amide bonds. The third-order valence-corrected chi connectivity index (χ3v) is 2.89. The number of benzene rings is 1. The maximum Gasteiger partial charge on any atom is 0.143 e. The van der Waals surface area contributed by atoms with Crippen LogP contribution in [0.5, 0.6) is 0 Å². The highest BCUT2D eigenvalue weighted by Gasteiger charge is 2.17. The fraction of sp³-hybridized carbons (Fsp3) is 0.455. The van der Waals surface area contributed by atoms with E-state index in [1.807, 2.05) is 0 Å². The van der Waals surface area contributed by atoms with Gasteiger partial charge in [-0.1, -0.05) is 24.9 Å². The van der Waals surface area contributed by atoms with Crippen molar-refractivity contribution in [3.63, 3.8) is 0 Å². The van der Waals surface area contributed by atoms with Crippen molar-refractivity contribution in [3.05, 3.63) is 23.0 Å². The van der Waals surface area contributed by atoms with E-state index < -0.39 is 0 Å². The average Bonchev–Trinajstić information content (AvgIpc) is 2.21. The molecule has 82 valence electrons. The van der Waals surface area contributed by atoms with Crippen LogP contribution in [-0.4, -0.2) is 12.6 Å². The van der Waals surface area contributed by atoms with Gasteiger partial charge in [-0.2, -0.15) is 0 Å². The summed E-state index contributed by atoms with van der Waals surface area (Å²) < 4.78 is 13.2. The molecule has 1 heterocycles. The Labute approximate surface area is 93.8 Å². The summed E-state index contributed by atoms with van der Waals surface area (Å²) in [6, 6.07) is 3.48. The first kappa shape index (κ1) is 10.6. The van der Waals surface area contributed by atoms with Gasteiger partial charge in [0.05, 0.1) is 16.4 Å². The SMILES string of the molecule is CCCC1CNc2cc(F)c(Cl)cc2N1. The number of halogens is 2. The van der Waals surface area contributed by atoms with E-state index in [-0.39, 0.29) is 10.8 Å². The van der Waals surface area contributed by atoms with Gasteiger partial charge in [-0.25, -0.2) is 4.39 Å². The molecule has 0 radical (unpaired) electrons. The van der Waals surface area contributed by atoms with Gasteiger partial charge in [0.15, 0.2) is 0 Å². The molecule has 2 N–H and O–H groups in total. The largest absolute Gasteiger partial charge is 0.381 e. The average molecular weight is 229 g/mol. The summed E-state index contributed by atoms with van der Waals surface area (Å²) in [6.07, 6.45) is 2.23. The highest BCUT2D eigenvalue weighted by Crippen LogP contribution is 2.31. The monoisotopic (exact) mass is 228 g/mol. The first-order valence-electron chi connectivity index (χ1n) is 5.20. The van der Waals surface area contributed by atoms with Crippen LogP contribution in [-0.2, 0) is 0 Å². The number of hydrogen-bond acceptors (Lipinski definition) is 2. The zero-order valence-electron chi connectivity index (χ0n) is 8.61. The van der Waals surface area contributed by atoms with Crippen LogP contribution in [0.25, 0.3) is 0 Å². The summed E-state index contributed by atoms with van der Waals surface area (Å²) >= 11 is 5.73. The zero-order valence-corrected chi connectivity index (χ0v) is 9.37. The van der Waals surface area contributed by atoms with Crippen molar-refractivity contribution in [2.45, 2.75) is 25.8 Å². The number of hydrogen-bond donors (Lipinski definition) is 2. The minimum atomic E-state index is -0.376. The molecule has 1 atom stereocenters. The molecule has 0 aromatic heterocycles. The number of nitrogens with one attached hydrogen (secondary N) is 2. The molecule has 0 saturated carbocycles. The Morgan fingerprint density at radius 1 is 1.47 bits per heavy atom. The molecule has 15 heavy (non-hydrogen) atoms. The van der Waals surface area contributed by atoms with Crippen LogP contribution < -0.4 is 10.6 Å². The third kappa shape index (κ3) is 2.17. The van der Waals surface area contributed by atoms with E-state index in [4.69, 9.17) is 11.6 Å². The van der Waals surface area contributed by atoms with Crippen molar-refractivity contribution in [3.8, 4) is 0 Å². The second-order valence-corrected chi connectivity index (χ2v) is 4.23. The zero-order chi connectivity index (χ0) is 10.8. The lowest BCUT2D eigenvalue weighted by molar-refractivity contribution is 0.624. The molecule has 1 aliphatic rings. The predicted molar refractivity (Wildman–Crippen MR) is 62.2 cm³/mol. The summed E-state index contributed by atoms with van der Waals surface area (Å²) in [5.74, 6) is -0.376. The van der Waals surface area contributed by atoms with Gasteiger partial charge in [0.2, 0.25) is 0 Å². The van der Waals surface area contributed by atoms with Gasteiger partial charge >= 0.3 is 0 Å². The quantitative estimate of drug-likeness (QED) is 0.810. The Hall–Kier alpha value is -0.960. The first-order valence-corrected chi connectivity index (χ1v) is 5.58. The molecule has 0 saturated heterocycles. The molecule has 1 unspecified atom stereocenters. The summed E-state index contributed by atoms with van der Waals surface area (Å²) in [5.41, 5.74) is 1.69. The van der Waals surface area contributed by atoms with E-state index in [0.29, 0.717) is 6.04 Å². The van der Waals surface area contributed by atoms with Gasteiger partial charge in [-0.15, -0.1) is 0 Å². The Kier molecular flexibility index (Phi) is 3.00. The van der Waals surface area contributed by atoms with Crippen LogP contribution >= 0.6 is 11.6 Å². The van der Waals surface area contributed by atoms with E-state index in [1.165, 1.54) is 6.07 Å². The third-order valence-electron chi connectivity index (χ3n) is 2.60. The molecule has 0 bridgehead atoms. The standard InChI is InChI=1S/C11H14ClFN2/c1-2-3-7-6-14-10-5-9(13)8(12)4-11(10)15-7/h4-5,7,14-15H,2-3,6H2,1H3. The van der Waals surface area contributed by atoms with E-state index in [0.717, 1.165) is 30.8 Å². The van der Waals surface area contributed by atoms with E-state index in [2.05, 4.69) is 17.6 Å². The predicted octanol–water partition coefficient (Wildman–Crippen LogP) is 3.49. The van der Waals surface area contributed by atoms with Crippen LogP contribution in [0.3, 0.4) is 0 Å². The molecule has 1 aromatic rings. The molecule has 1 aromatic carbocycles. The molecule has 0 fully saturated rings. The smallest absolute Gasteiger partial charge is 0.143 e. The lowest BCUT2D eigenvalue weighted by Crippen LogP contribution is -2.32. The number of anilines is 2. The van der Waals surface area contributed by atoms with E-state index in [1.54, 1.807) is 6.07 Å². The van der Waals surface area contributed by atoms with Crippen LogP contribution in [0.15, 0.2) is 12.1 Å². The molecule has 2 rings (SSSR count). The molecule has 4 heteroatoms.